The topological polar surface area (TPSA) is 56.7 Å². The van der Waals surface area contributed by atoms with Crippen molar-refractivity contribution in [3.05, 3.63) is 54.6 Å². The summed E-state index contributed by atoms with van der Waals surface area (Å²) in [7, 11) is 1.93. The first kappa shape index (κ1) is 12.7. The molecule has 0 bridgehead atoms. The van der Waals surface area contributed by atoms with Crippen molar-refractivity contribution >= 4 is 11.0 Å². The molecule has 5 nitrogen and oxygen atoms in total. The quantitative estimate of drug-likeness (QED) is 0.568. The molecule has 0 aliphatic heterocycles. The van der Waals surface area contributed by atoms with E-state index in [1.165, 1.54) is 6.07 Å². The normalized spacial score (nSPS) is 11.2. The van der Waals surface area contributed by atoms with Gasteiger partial charge in [-0.25, -0.2) is 9.37 Å². The molecule has 0 saturated carbocycles. The number of hydrogen-bond donors (Lipinski definition) is 0. The number of imidazole rings is 1. The van der Waals surface area contributed by atoms with E-state index in [2.05, 4.69) is 15.1 Å². The molecule has 2 aromatic heterocycles. The number of nitrogens with zero attached hydrogens (tertiary/aromatic N) is 4. The van der Waals surface area contributed by atoms with Gasteiger partial charge in [0.1, 0.15) is 5.82 Å². The van der Waals surface area contributed by atoms with Crippen molar-refractivity contribution in [3.63, 3.8) is 0 Å². The maximum Gasteiger partial charge on any atom is 0.261 e. The first-order valence-electron chi connectivity index (χ1n) is 6.72. The highest BCUT2D eigenvalue weighted by molar-refractivity contribution is 5.80. The molecule has 4 aromatic rings. The summed E-state index contributed by atoms with van der Waals surface area (Å²) in [5.74, 6) is 0.179. The summed E-state index contributed by atoms with van der Waals surface area (Å²) < 4.78 is 20.9. The molecule has 0 radical (unpaired) electrons. The number of aryl methyl sites for hydroxylation is 1. The van der Waals surface area contributed by atoms with Crippen molar-refractivity contribution in [1.29, 1.82) is 0 Å². The summed E-state index contributed by atoms with van der Waals surface area (Å²) in [5, 5.41) is 3.93. The van der Waals surface area contributed by atoms with Crippen LogP contribution in [0.15, 0.2) is 53.3 Å². The molecular formula is C16H11FN4O. The van der Waals surface area contributed by atoms with E-state index < -0.39 is 5.82 Å². The zero-order chi connectivity index (χ0) is 15.1. The van der Waals surface area contributed by atoms with Crippen molar-refractivity contribution in [2.45, 2.75) is 0 Å². The van der Waals surface area contributed by atoms with Crippen molar-refractivity contribution in [2.24, 2.45) is 7.05 Å². The monoisotopic (exact) mass is 294 g/mol. The van der Waals surface area contributed by atoms with Crippen LogP contribution in [0.5, 0.6) is 0 Å². The predicted molar refractivity (Wildman–Crippen MR) is 79.4 cm³/mol. The fourth-order valence-electron chi connectivity index (χ4n) is 2.36. The van der Waals surface area contributed by atoms with Gasteiger partial charge in [0.15, 0.2) is 0 Å². The Balaban J connectivity index is 1.78. The minimum Gasteiger partial charge on any atom is -0.334 e. The molecule has 6 heteroatoms. The van der Waals surface area contributed by atoms with Gasteiger partial charge in [0.2, 0.25) is 5.82 Å². The Hall–Kier alpha value is -3.02. The molecule has 0 saturated heterocycles. The van der Waals surface area contributed by atoms with E-state index in [9.17, 15) is 4.39 Å². The number of benzene rings is 2. The standard InChI is InChI=1S/C16H11FN4O/c1-21-9-18-13-8-10(6-7-14(13)21)15-19-16(22-20-15)11-4-2-3-5-12(11)17/h2-9H,1H3. The fourth-order valence-corrected chi connectivity index (χ4v) is 2.36. The van der Waals surface area contributed by atoms with E-state index in [0.717, 1.165) is 16.6 Å². The second kappa shape index (κ2) is 4.77. The first-order valence-corrected chi connectivity index (χ1v) is 6.72. The molecule has 0 aliphatic rings. The minimum atomic E-state index is -0.391. The Kier molecular flexibility index (Phi) is 2.75. The predicted octanol–water partition coefficient (Wildman–Crippen LogP) is 3.43. The average Bonchev–Trinajstić information content (AvgIpc) is 3.15. The Morgan fingerprint density at radius 1 is 1.14 bits per heavy atom. The molecule has 4 rings (SSSR count). The van der Waals surface area contributed by atoms with Crippen LogP contribution in [0.1, 0.15) is 0 Å². The maximum absolute atomic E-state index is 13.8. The number of aromatic nitrogens is 4. The summed E-state index contributed by atoms with van der Waals surface area (Å²) in [6.45, 7) is 0. The molecule has 0 unspecified atom stereocenters. The van der Waals surface area contributed by atoms with Crippen LogP contribution < -0.4 is 0 Å². The van der Waals surface area contributed by atoms with Gasteiger partial charge in [-0.3, -0.25) is 0 Å². The number of hydrogen-bond acceptors (Lipinski definition) is 4. The van der Waals surface area contributed by atoms with Crippen LogP contribution in [0.2, 0.25) is 0 Å². The molecule has 108 valence electrons. The summed E-state index contributed by atoms with van der Waals surface area (Å²) in [4.78, 5) is 8.57. The van der Waals surface area contributed by atoms with Gasteiger partial charge in [0.25, 0.3) is 5.89 Å². The molecule has 22 heavy (non-hydrogen) atoms. The van der Waals surface area contributed by atoms with Crippen molar-refractivity contribution in [1.82, 2.24) is 19.7 Å². The van der Waals surface area contributed by atoms with Gasteiger partial charge >= 0.3 is 0 Å². The molecule has 0 N–H and O–H groups in total. The van der Waals surface area contributed by atoms with Crippen LogP contribution in [0.25, 0.3) is 33.9 Å². The summed E-state index contributed by atoms with van der Waals surface area (Å²) in [6.07, 6.45) is 1.75. The van der Waals surface area contributed by atoms with Crippen LogP contribution in [0.3, 0.4) is 0 Å². The van der Waals surface area contributed by atoms with Gasteiger partial charge in [-0.1, -0.05) is 17.3 Å². The molecule has 0 fully saturated rings. The van der Waals surface area contributed by atoms with Crippen molar-refractivity contribution in [3.8, 4) is 22.8 Å². The van der Waals surface area contributed by atoms with Crippen LogP contribution >= 0.6 is 0 Å². The number of halogens is 1. The van der Waals surface area contributed by atoms with E-state index in [4.69, 9.17) is 4.52 Å². The van der Waals surface area contributed by atoms with Crippen molar-refractivity contribution in [2.75, 3.05) is 0 Å². The lowest BCUT2D eigenvalue weighted by atomic mass is 10.2. The van der Waals surface area contributed by atoms with E-state index in [1.807, 2.05) is 29.8 Å². The summed E-state index contributed by atoms with van der Waals surface area (Å²) >= 11 is 0. The molecule has 2 aromatic carbocycles. The molecule has 2 heterocycles. The van der Waals surface area contributed by atoms with Crippen LogP contribution in [-0.2, 0) is 7.05 Å². The van der Waals surface area contributed by atoms with Gasteiger partial charge in [0.05, 0.1) is 22.9 Å². The van der Waals surface area contributed by atoms with Gasteiger partial charge in [-0.2, -0.15) is 4.98 Å². The number of rotatable bonds is 2. The molecule has 0 aliphatic carbocycles. The molecule has 0 spiro atoms. The van der Waals surface area contributed by atoms with E-state index >= 15 is 0 Å². The smallest absolute Gasteiger partial charge is 0.261 e. The van der Waals surface area contributed by atoms with Crippen molar-refractivity contribution < 1.29 is 8.91 Å². The lowest BCUT2D eigenvalue weighted by molar-refractivity contribution is 0.429. The van der Waals surface area contributed by atoms with Crippen LogP contribution in [-0.4, -0.2) is 19.7 Å². The van der Waals surface area contributed by atoms with Gasteiger partial charge in [-0.15, -0.1) is 0 Å². The Labute approximate surface area is 125 Å². The summed E-state index contributed by atoms with van der Waals surface area (Å²) in [5.41, 5.74) is 2.93. The molecular weight excluding hydrogens is 283 g/mol. The zero-order valence-corrected chi connectivity index (χ0v) is 11.7. The molecule has 0 amide bonds. The van der Waals surface area contributed by atoms with Crippen LogP contribution in [0.4, 0.5) is 4.39 Å². The minimum absolute atomic E-state index is 0.161. The fraction of sp³-hybridized carbons (Fsp3) is 0.0625. The van der Waals surface area contributed by atoms with Gasteiger partial charge in [0, 0.05) is 12.6 Å². The van der Waals surface area contributed by atoms with Gasteiger partial charge in [-0.05, 0) is 30.3 Å². The highest BCUT2D eigenvalue weighted by atomic mass is 19.1. The largest absolute Gasteiger partial charge is 0.334 e. The third-order valence-electron chi connectivity index (χ3n) is 3.51. The van der Waals surface area contributed by atoms with Gasteiger partial charge < -0.3 is 9.09 Å². The second-order valence-electron chi connectivity index (χ2n) is 4.96. The summed E-state index contributed by atoms with van der Waals surface area (Å²) in [6, 6.07) is 12.0. The first-order chi connectivity index (χ1) is 10.7. The highest BCUT2D eigenvalue weighted by Gasteiger charge is 2.14. The zero-order valence-electron chi connectivity index (χ0n) is 11.7. The SMILES string of the molecule is Cn1cnc2cc(-c3noc(-c4ccccc4F)n3)ccc21. The second-order valence-corrected chi connectivity index (χ2v) is 4.96. The number of fused-ring (bicyclic) bond motifs is 1. The van der Waals surface area contributed by atoms with Crippen LogP contribution in [0, 0.1) is 5.82 Å². The lowest BCUT2D eigenvalue weighted by Gasteiger charge is -1.97. The third kappa shape index (κ3) is 1.96. The Bertz CT molecular complexity index is 973. The third-order valence-corrected chi connectivity index (χ3v) is 3.51. The highest BCUT2D eigenvalue weighted by Crippen LogP contribution is 2.25. The maximum atomic E-state index is 13.8. The van der Waals surface area contributed by atoms with E-state index in [-0.39, 0.29) is 5.89 Å². The van der Waals surface area contributed by atoms with E-state index in [1.54, 1.807) is 24.5 Å². The average molecular weight is 294 g/mol. The Morgan fingerprint density at radius 3 is 2.86 bits per heavy atom. The molecule has 0 atom stereocenters. The van der Waals surface area contributed by atoms with E-state index in [0.29, 0.717) is 11.4 Å². The lowest BCUT2D eigenvalue weighted by Crippen LogP contribution is -1.86. The Morgan fingerprint density at radius 2 is 2.00 bits per heavy atom.